The first-order chi connectivity index (χ1) is 13.9. The van der Waals surface area contributed by atoms with Crippen molar-refractivity contribution >= 4 is 39.0 Å². The number of fused-ring (bicyclic) bond motifs is 1. The molecule has 3 unspecified atom stereocenters. The van der Waals surface area contributed by atoms with Gasteiger partial charge in [0.25, 0.3) is 0 Å². The van der Waals surface area contributed by atoms with Crippen LogP contribution in [0.5, 0.6) is 0 Å². The van der Waals surface area contributed by atoms with Gasteiger partial charge < -0.3 is 20.5 Å². The number of carbonyl (C=O) groups excluding carboxylic acids is 1. The molecular weight excluding hydrogens is 463 g/mol. The van der Waals surface area contributed by atoms with Crippen molar-refractivity contribution in [3.8, 4) is 0 Å². The summed E-state index contributed by atoms with van der Waals surface area (Å²) in [4.78, 5) is 23.0. The molecule has 2 aromatic rings. The molecule has 29 heavy (non-hydrogen) atoms. The molecule has 4 rings (SSSR count). The molecule has 0 spiro atoms. The van der Waals surface area contributed by atoms with Gasteiger partial charge in [0, 0.05) is 47.4 Å². The smallest absolute Gasteiger partial charge is 0.222 e. The zero-order chi connectivity index (χ0) is 20.7. The lowest BCUT2D eigenvalue weighted by Crippen LogP contribution is -2.37. The van der Waals surface area contributed by atoms with E-state index < -0.39 is 30.0 Å². The molecule has 0 bridgehead atoms. The number of allylic oxidation sites excluding steroid dienone is 1. The zero-order valence-corrected chi connectivity index (χ0v) is 17.8. The van der Waals surface area contributed by atoms with Crippen LogP contribution >= 0.6 is 27.3 Å². The van der Waals surface area contributed by atoms with Crippen LogP contribution in [0.25, 0.3) is 0 Å². The summed E-state index contributed by atoms with van der Waals surface area (Å²) >= 11 is 4.82. The monoisotopic (exact) mass is 480 g/mol. The molecule has 2 aliphatic heterocycles. The minimum atomic E-state index is -1.25. The van der Waals surface area contributed by atoms with Crippen molar-refractivity contribution in [2.24, 2.45) is 16.6 Å². The van der Waals surface area contributed by atoms with Crippen molar-refractivity contribution in [3.63, 3.8) is 0 Å². The number of aliphatic imine (C=N–C) groups is 1. The molecule has 1 amide bonds. The van der Waals surface area contributed by atoms with Crippen LogP contribution in [0.2, 0.25) is 0 Å². The first kappa shape index (κ1) is 20.1. The van der Waals surface area contributed by atoms with E-state index in [1.165, 1.54) is 30.6 Å². The number of amidine groups is 1. The number of methoxy groups -OCH3 is 1. The Morgan fingerprint density at radius 1 is 1.52 bits per heavy atom. The Kier molecular flexibility index (Phi) is 5.52. The molecular formula is C19H18BrFN4O3S. The minimum absolute atomic E-state index is 0.348. The van der Waals surface area contributed by atoms with E-state index in [1.54, 1.807) is 12.3 Å². The number of benzene rings is 1. The van der Waals surface area contributed by atoms with Crippen LogP contribution < -0.4 is 5.73 Å². The Morgan fingerprint density at radius 3 is 2.93 bits per heavy atom. The van der Waals surface area contributed by atoms with E-state index in [-0.39, 0.29) is 0 Å². The van der Waals surface area contributed by atoms with Gasteiger partial charge in [-0.2, -0.15) is 0 Å². The summed E-state index contributed by atoms with van der Waals surface area (Å²) in [7, 11) is 1.39. The molecule has 0 saturated carbocycles. The molecule has 10 heteroatoms. The number of aliphatic hydroxyl groups is 1. The summed E-state index contributed by atoms with van der Waals surface area (Å²) in [6.45, 7) is 0.348. The maximum absolute atomic E-state index is 13.7. The van der Waals surface area contributed by atoms with Gasteiger partial charge in [-0.3, -0.25) is 9.79 Å². The van der Waals surface area contributed by atoms with Crippen molar-refractivity contribution in [1.82, 2.24) is 9.88 Å². The lowest BCUT2D eigenvalue weighted by Gasteiger charge is -2.34. The van der Waals surface area contributed by atoms with E-state index >= 15 is 0 Å². The van der Waals surface area contributed by atoms with E-state index in [2.05, 4.69) is 20.9 Å². The summed E-state index contributed by atoms with van der Waals surface area (Å²) in [5, 5.41) is 13.2. The van der Waals surface area contributed by atoms with Gasteiger partial charge >= 0.3 is 0 Å². The molecule has 0 aliphatic carbocycles. The second kappa shape index (κ2) is 7.94. The molecule has 1 fully saturated rings. The van der Waals surface area contributed by atoms with Crippen molar-refractivity contribution in [2.75, 3.05) is 13.7 Å². The van der Waals surface area contributed by atoms with Crippen LogP contribution in [0.4, 0.5) is 4.39 Å². The quantitative estimate of drug-likeness (QED) is 0.640. The third-order valence-corrected chi connectivity index (χ3v) is 6.53. The van der Waals surface area contributed by atoms with E-state index in [0.717, 1.165) is 5.70 Å². The van der Waals surface area contributed by atoms with Gasteiger partial charge in [0.15, 0.2) is 17.1 Å². The maximum Gasteiger partial charge on any atom is 0.222 e. The highest BCUT2D eigenvalue weighted by atomic mass is 79.9. The largest absolute Gasteiger partial charge is 0.369 e. The van der Waals surface area contributed by atoms with Crippen molar-refractivity contribution < 1.29 is 19.0 Å². The molecule has 1 saturated heterocycles. The van der Waals surface area contributed by atoms with Crippen molar-refractivity contribution in [1.29, 1.82) is 0 Å². The standard InChI is InChI=1S/C19H18BrFN4O3S/c1-28-19(27)14-13-6-9(16(22)26)8-25(13)17(18-23-4-5-29-18)24-15(14)11-3-2-10(21)7-12(11)20/h2-5,7,9,15,19,27H,6,8H2,1H3,(H2,22,26). The maximum atomic E-state index is 13.7. The van der Waals surface area contributed by atoms with Crippen LogP contribution in [-0.4, -0.2) is 46.7 Å². The third-order valence-electron chi connectivity index (χ3n) is 5.08. The van der Waals surface area contributed by atoms with Crippen LogP contribution in [-0.2, 0) is 9.53 Å². The Hall–Kier alpha value is -2.14. The SMILES string of the molecule is COC(O)C1=C2CC(C(N)=O)CN2C(c2nccs2)=NC1c1ccc(F)cc1Br. The highest BCUT2D eigenvalue weighted by Crippen LogP contribution is 2.44. The summed E-state index contributed by atoms with van der Waals surface area (Å²) in [5.74, 6) is -0.647. The number of nitrogens with two attached hydrogens (primary N) is 1. The molecule has 2 aliphatic rings. The fraction of sp³-hybridized carbons (Fsp3) is 0.316. The van der Waals surface area contributed by atoms with E-state index in [1.807, 2.05) is 10.3 Å². The normalized spacial score (nSPS) is 22.5. The molecule has 7 nitrogen and oxygen atoms in total. The Labute approximate surface area is 178 Å². The van der Waals surface area contributed by atoms with Gasteiger partial charge in [0.2, 0.25) is 5.91 Å². The molecule has 152 valence electrons. The van der Waals surface area contributed by atoms with E-state index in [9.17, 15) is 14.3 Å². The summed E-state index contributed by atoms with van der Waals surface area (Å²) in [5.41, 5.74) is 7.47. The Balaban J connectivity index is 1.92. The zero-order valence-electron chi connectivity index (χ0n) is 15.4. The summed E-state index contributed by atoms with van der Waals surface area (Å²) in [6, 6.07) is 3.67. The molecule has 1 aromatic carbocycles. The van der Waals surface area contributed by atoms with Crippen LogP contribution in [0, 0.1) is 11.7 Å². The number of aliphatic hydroxyl groups excluding tert-OH is 1. The number of thiazole rings is 1. The molecule has 3 atom stereocenters. The van der Waals surface area contributed by atoms with Crippen molar-refractivity contribution in [2.45, 2.75) is 18.8 Å². The first-order valence-corrected chi connectivity index (χ1v) is 10.5. The highest BCUT2D eigenvalue weighted by Gasteiger charge is 2.43. The number of carbonyl (C=O) groups is 1. The number of rotatable bonds is 5. The lowest BCUT2D eigenvalue weighted by molar-refractivity contribution is -0.121. The second-order valence-corrected chi connectivity index (χ2v) is 8.51. The first-order valence-electron chi connectivity index (χ1n) is 8.84. The van der Waals surface area contributed by atoms with Gasteiger partial charge in [0.1, 0.15) is 11.9 Å². The van der Waals surface area contributed by atoms with Crippen molar-refractivity contribution in [3.05, 3.63) is 61.9 Å². The number of halogens is 2. The van der Waals surface area contributed by atoms with Crippen LogP contribution in [0.3, 0.4) is 0 Å². The number of hydrogen-bond donors (Lipinski definition) is 2. The van der Waals surface area contributed by atoms with Gasteiger partial charge in [-0.25, -0.2) is 9.37 Å². The minimum Gasteiger partial charge on any atom is -0.369 e. The van der Waals surface area contributed by atoms with Gasteiger partial charge in [-0.15, -0.1) is 11.3 Å². The van der Waals surface area contributed by atoms with Gasteiger partial charge in [0.05, 0.1) is 5.92 Å². The average molecular weight is 481 g/mol. The fourth-order valence-electron chi connectivity index (χ4n) is 3.71. The fourth-order valence-corrected chi connectivity index (χ4v) is 4.91. The van der Waals surface area contributed by atoms with Crippen LogP contribution in [0.15, 0.2) is 50.5 Å². The van der Waals surface area contributed by atoms with Gasteiger partial charge in [-0.05, 0) is 17.7 Å². The third kappa shape index (κ3) is 3.61. The second-order valence-electron chi connectivity index (χ2n) is 6.76. The predicted octanol–water partition coefficient (Wildman–Crippen LogP) is 2.57. The molecule has 1 aromatic heterocycles. The molecule has 3 N–H and O–H groups in total. The number of ether oxygens (including phenoxy) is 1. The number of amides is 1. The number of hydrogen-bond acceptors (Lipinski definition) is 7. The Morgan fingerprint density at radius 2 is 2.31 bits per heavy atom. The lowest BCUT2D eigenvalue weighted by atomic mass is 9.93. The van der Waals surface area contributed by atoms with Crippen LogP contribution in [0.1, 0.15) is 23.0 Å². The number of primary amides is 1. The van der Waals surface area contributed by atoms with E-state index in [4.69, 9.17) is 15.5 Å². The molecule has 3 heterocycles. The number of nitrogens with zero attached hydrogens (tertiary/aromatic N) is 3. The molecule has 0 radical (unpaired) electrons. The van der Waals surface area contributed by atoms with Gasteiger partial charge in [-0.1, -0.05) is 22.0 Å². The average Bonchev–Trinajstić information content (AvgIpc) is 3.36. The predicted molar refractivity (Wildman–Crippen MR) is 110 cm³/mol. The highest BCUT2D eigenvalue weighted by molar-refractivity contribution is 9.10. The summed E-state index contributed by atoms with van der Waals surface area (Å²) in [6.07, 6.45) is 0.781. The Bertz CT molecular complexity index is 1010. The topological polar surface area (TPSA) is 101 Å². The number of aromatic nitrogens is 1. The van der Waals surface area contributed by atoms with E-state index in [0.29, 0.717) is 39.4 Å². The summed E-state index contributed by atoms with van der Waals surface area (Å²) < 4.78 is 19.4.